The fourth-order valence-electron chi connectivity index (χ4n) is 4.37. The SMILES string of the molecule is CSC#Cc1ccc(N2CCc3c(cc(C)c(NC(=O)CC4(C)CC4)c3C)C2)cc1. The van der Waals surface area contributed by atoms with Gasteiger partial charge in [0.1, 0.15) is 0 Å². The highest BCUT2D eigenvalue weighted by Gasteiger charge is 2.39. The highest BCUT2D eigenvalue weighted by Crippen LogP contribution is 2.48. The fourth-order valence-corrected chi connectivity index (χ4v) is 4.59. The summed E-state index contributed by atoms with van der Waals surface area (Å²) in [5.41, 5.74) is 8.71. The lowest BCUT2D eigenvalue weighted by Crippen LogP contribution is -2.31. The number of nitrogens with zero attached hydrogens (tertiary/aromatic N) is 1. The van der Waals surface area contributed by atoms with Gasteiger partial charge < -0.3 is 10.2 Å². The van der Waals surface area contributed by atoms with Crippen LogP contribution in [0.2, 0.25) is 0 Å². The summed E-state index contributed by atoms with van der Waals surface area (Å²) >= 11 is 1.54. The van der Waals surface area contributed by atoms with E-state index in [0.29, 0.717) is 6.42 Å². The molecule has 3 nitrogen and oxygen atoms in total. The third kappa shape index (κ3) is 4.52. The number of aryl methyl sites for hydroxylation is 1. The van der Waals surface area contributed by atoms with E-state index in [1.807, 2.05) is 6.26 Å². The Morgan fingerprint density at radius 3 is 2.63 bits per heavy atom. The van der Waals surface area contributed by atoms with E-state index in [1.54, 1.807) is 0 Å². The van der Waals surface area contributed by atoms with Gasteiger partial charge in [0.2, 0.25) is 5.91 Å². The molecule has 1 saturated carbocycles. The number of rotatable bonds is 4. The third-order valence-electron chi connectivity index (χ3n) is 6.48. The number of benzene rings is 2. The van der Waals surface area contributed by atoms with Gasteiger partial charge in [-0.2, -0.15) is 0 Å². The zero-order chi connectivity index (χ0) is 21.3. The van der Waals surface area contributed by atoms with Crippen LogP contribution in [-0.4, -0.2) is 18.7 Å². The van der Waals surface area contributed by atoms with E-state index in [9.17, 15) is 4.79 Å². The number of anilines is 2. The Bertz CT molecular complexity index is 1030. The van der Waals surface area contributed by atoms with Crippen LogP contribution < -0.4 is 10.2 Å². The van der Waals surface area contributed by atoms with E-state index in [0.717, 1.165) is 36.3 Å². The van der Waals surface area contributed by atoms with E-state index in [-0.39, 0.29) is 11.3 Å². The van der Waals surface area contributed by atoms with E-state index in [4.69, 9.17) is 0 Å². The first-order valence-electron chi connectivity index (χ1n) is 10.7. The predicted octanol–water partition coefficient (Wildman–Crippen LogP) is 5.67. The highest BCUT2D eigenvalue weighted by molar-refractivity contribution is 8.03. The van der Waals surface area contributed by atoms with Crippen LogP contribution in [0.3, 0.4) is 0 Å². The summed E-state index contributed by atoms with van der Waals surface area (Å²) < 4.78 is 0. The first-order valence-corrected chi connectivity index (χ1v) is 11.9. The monoisotopic (exact) mass is 418 g/mol. The Morgan fingerprint density at radius 2 is 1.97 bits per heavy atom. The first kappa shape index (κ1) is 20.9. The summed E-state index contributed by atoms with van der Waals surface area (Å²) in [6, 6.07) is 10.8. The number of hydrogen-bond donors (Lipinski definition) is 1. The van der Waals surface area contributed by atoms with Gasteiger partial charge in [-0.05, 0) is 96.6 Å². The predicted molar refractivity (Wildman–Crippen MR) is 128 cm³/mol. The Labute approximate surface area is 184 Å². The molecule has 1 aliphatic carbocycles. The molecular weight excluding hydrogens is 388 g/mol. The second-order valence-corrected chi connectivity index (χ2v) is 9.63. The van der Waals surface area contributed by atoms with Gasteiger partial charge in [-0.1, -0.05) is 30.7 Å². The Kier molecular flexibility index (Phi) is 5.84. The van der Waals surface area contributed by atoms with Crippen molar-refractivity contribution >= 4 is 29.0 Å². The molecule has 0 bridgehead atoms. The maximum atomic E-state index is 12.5. The summed E-state index contributed by atoms with van der Waals surface area (Å²) in [6.07, 6.45) is 5.96. The van der Waals surface area contributed by atoms with Crippen LogP contribution in [0.25, 0.3) is 0 Å². The van der Waals surface area contributed by atoms with Gasteiger partial charge >= 0.3 is 0 Å². The lowest BCUT2D eigenvalue weighted by molar-refractivity contribution is -0.117. The molecule has 0 saturated heterocycles. The Hall–Kier alpha value is -2.38. The van der Waals surface area contributed by atoms with E-state index in [2.05, 4.69) is 72.5 Å². The average molecular weight is 419 g/mol. The number of hydrogen-bond acceptors (Lipinski definition) is 3. The van der Waals surface area contributed by atoms with Crippen LogP contribution >= 0.6 is 11.8 Å². The lowest BCUT2D eigenvalue weighted by atomic mass is 9.91. The molecule has 1 fully saturated rings. The van der Waals surface area contributed by atoms with E-state index >= 15 is 0 Å². The van der Waals surface area contributed by atoms with Crippen LogP contribution in [-0.2, 0) is 17.8 Å². The molecule has 0 aromatic heterocycles. The number of carbonyl (C=O) groups is 1. The minimum absolute atomic E-state index is 0.156. The third-order valence-corrected chi connectivity index (χ3v) is 6.78. The van der Waals surface area contributed by atoms with Gasteiger partial charge in [-0.3, -0.25) is 4.79 Å². The van der Waals surface area contributed by atoms with Gasteiger partial charge in [0, 0.05) is 36.4 Å². The van der Waals surface area contributed by atoms with Crippen LogP contribution in [0, 0.1) is 30.4 Å². The van der Waals surface area contributed by atoms with Crippen LogP contribution in [0.5, 0.6) is 0 Å². The van der Waals surface area contributed by atoms with Gasteiger partial charge in [-0.15, -0.1) is 0 Å². The summed E-state index contributed by atoms with van der Waals surface area (Å²) in [4.78, 5) is 15.0. The average Bonchev–Trinajstić information content (AvgIpc) is 3.46. The number of thioether (sulfide) groups is 1. The topological polar surface area (TPSA) is 32.3 Å². The molecule has 1 amide bonds. The molecule has 0 unspecified atom stereocenters. The van der Waals surface area contributed by atoms with Crippen LogP contribution in [0.1, 0.15) is 54.0 Å². The van der Waals surface area contributed by atoms with Gasteiger partial charge in [-0.25, -0.2) is 0 Å². The van der Waals surface area contributed by atoms with Crippen molar-refractivity contribution < 1.29 is 4.79 Å². The molecule has 1 aliphatic heterocycles. The molecule has 1 heterocycles. The second kappa shape index (κ2) is 8.40. The first-order chi connectivity index (χ1) is 14.4. The number of carbonyl (C=O) groups excluding carboxylic acids is 1. The highest BCUT2D eigenvalue weighted by atomic mass is 32.2. The maximum absolute atomic E-state index is 12.5. The summed E-state index contributed by atoms with van der Waals surface area (Å²) in [6.45, 7) is 8.36. The molecule has 2 aromatic carbocycles. The smallest absolute Gasteiger partial charge is 0.224 e. The Balaban J connectivity index is 1.51. The van der Waals surface area contributed by atoms with Crippen molar-refractivity contribution in [1.82, 2.24) is 0 Å². The van der Waals surface area contributed by atoms with Gasteiger partial charge in [0.05, 0.1) is 0 Å². The molecule has 156 valence electrons. The normalized spacial score (nSPS) is 16.3. The molecule has 0 atom stereocenters. The largest absolute Gasteiger partial charge is 0.367 e. The van der Waals surface area contributed by atoms with E-state index < -0.39 is 0 Å². The van der Waals surface area contributed by atoms with Gasteiger partial charge in [0.15, 0.2) is 0 Å². The van der Waals surface area contributed by atoms with Crippen LogP contribution in [0.15, 0.2) is 30.3 Å². The van der Waals surface area contributed by atoms with Gasteiger partial charge in [0.25, 0.3) is 0 Å². The lowest BCUT2D eigenvalue weighted by Gasteiger charge is -2.33. The number of fused-ring (bicyclic) bond motifs is 1. The molecule has 0 radical (unpaired) electrons. The van der Waals surface area contributed by atoms with Crippen molar-refractivity contribution in [2.24, 2.45) is 5.41 Å². The molecule has 2 aromatic rings. The minimum atomic E-state index is 0.156. The summed E-state index contributed by atoms with van der Waals surface area (Å²) in [5, 5.41) is 6.27. The molecule has 4 rings (SSSR count). The zero-order valence-corrected chi connectivity index (χ0v) is 19.2. The van der Waals surface area contributed by atoms with Crippen molar-refractivity contribution in [2.45, 2.75) is 53.0 Å². The molecular formula is C26H30N2OS. The quantitative estimate of drug-likeness (QED) is 0.650. The van der Waals surface area contributed by atoms with Crippen molar-refractivity contribution in [3.05, 3.63) is 58.1 Å². The molecule has 4 heteroatoms. The van der Waals surface area contributed by atoms with Crippen LogP contribution in [0.4, 0.5) is 11.4 Å². The van der Waals surface area contributed by atoms with Crippen molar-refractivity contribution in [3.8, 4) is 11.2 Å². The standard InChI is InChI=1S/C26H30N2OS/c1-18-15-21-17-28(22-7-5-20(6-8-22)10-14-30-4)13-9-23(21)19(2)25(18)27-24(29)16-26(3)11-12-26/h5-8,15H,9,11-13,16-17H2,1-4H3,(H,27,29). The van der Waals surface area contributed by atoms with Crippen molar-refractivity contribution in [3.63, 3.8) is 0 Å². The van der Waals surface area contributed by atoms with Crippen molar-refractivity contribution in [2.75, 3.05) is 23.0 Å². The maximum Gasteiger partial charge on any atom is 0.224 e. The summed E-state index contributed by atoms with van der Waals surface area (Å²) in [7, 11) is 0. The van der Waals surface area contributed by atoms with E-state index in [1.165, 1.54) is 47.0 Å². The minimum Gasteiger partial charge on any atom is -0.367 e. The summed E-state index contributed by atoms with van der Waals surface area (Å²) in [5.74, 6) is 3.31. The molecule has 2 aliphatic rings. The Morgan fingerprint density at radius 1 is 1.23 bits per heavy atom. The molecule has 1 N–H and O–H groups in total. The molecule has 30 heavy (non-hydrogen) atoms. The fraction of sp³-hybridized carbons (Fsp3) is 0.423. The zero-order valence-electron chi connectivity index (χ0n) is 18.4. The number of nitrogens with one attached hydrogen (secondary N) is 1. The molecule has 0 spiro atoms. The number of amides is 1. The van der Waals surface area contributed by atoms with Crippen molar-refractivity contribution in [1.29, 1.82) is 0 Å². The second-order valence-electron chi connectivity index (χ2n) is 9.02.